The van der Waals surface area contributed by atoms with E-state index in [9.17, 15) is 0 Å². The average Bonchev–Trinajstić information content (AvgIpc) is 2.17. The molecule has 1 rings (SSSR count). The van der Waals surface area contributed by atoms with E-state index in [1.54, 1.807) is 0 Å². The van der Waals surface area contributed by atoms with Crippen LogP contribution < -0.4 is 0 Å². The van der Waals surface area contributed by atoms with Crippen LogP contribution in [0.25, 0.3) is 0 Å². The summed E-state index contributed by atoms with van der Waals surface area (Å²) in [4.78, 5) is 13.1. The number of aromatic nitrogens is 1. The van der Waals surface area contributed by atoms with Gasteiger partial charge in [-0.2, -0.15) is 0 Å². The summed E-state index contributed by atoms with van der Waals surface area (Å²) in [6.45, 7) is 5.38. The lowest BCUT2D eigenvalue weighted by Gasteiger charge is -1.97. The molecule has 0 unspecified atom stereocenters. The highest BCUT2D eigenvalue weighted by Crippen LogP contribution is 2.02. The van der Waals surface area contributed by atoms with Gasteiger partial charge in [0.1, 0.15) is 0 Å². The number of carboxylic acids is 1. The van der Waals surface area contributed by atoms with E-state index in [0.29, 0.717) is 0 Å². The number of aliphatic carboxylic acids is 1. The lowest BCUT2D eigenvalue weighted by Crippen LogP contribution is -1.86. The number of hydrogen-bond acceptors (Lipinski definition) is 2. The Bertz CT molecular complexity index is 261. The number of hydrogen-bond donors (Lipinski definition) is 1. The molecular weight excluding hydrogens is 178 g/mol. The average molecular weight is 195 g/mol. The molecule has 0 bridgehead atoms. The second kappa shape index (κ2) is 7.06. The molecule has 0 aromatic carbocycles. The number of carboxylic acid groups (broad SMARTS) is 1. The van der Waals surface area contributed by atoms with Crippen LogP contribution in [0.2, 0.25) is 0 Å². The van der Waals surface area contributed by atoms with Crippen molar-refractivity contribution in [1.82, 2.24) is 4.98 Å². The van der Waals surface area contributed by atoms with Crippen LogP contribution in [0.15, 0.2) is 18.5 Å². The lowest BCUT2D eigenvalue weighted by molar-refractivity contribution is -0.134. The Balaban J connectivity index is 0.000000364. The quantitative estimate of drug-likeness (QED) is 0.787. The third kappa shape index (κ3) is 6.17. The van der Waals surface area contributed by atoms with Crippen molar-refractivity contribution in [3.05, 3.63) is 29.6 Å². The van der Waals surface area contributed by atoms with Crippen LogP contribution in [0, 0.1) is 0 Å². The largest absolute Gasteiger partial charge is 0.481 e. The second-order valence-electron chi connectivity index (χ2n) is 2.93. The standard InChI is InChI=1S/C9H13N.C2H4O2/c1-3-8-5-9(4-2)7-10-6-8;1-2(3)4/h5-7H,3-4H2,1-2H3;1H3,(H,3,4). The molecule has 1 N–H and O–H groups in total. The van der Waals surface area contributed by atoms with Crippen molar-refractivity contribution in [2.45, 2.75) is 33.6 Å². The van der Waals surface area contributed by atoms with Crippen LogP contribution in [0.3, 0.4) is 0 Å². The summed E-state index contributed by atoms with van der Waals surface area (Å²) in [5, 5.41) is 7.42. The molecule has 0 aliphatic carbocycles. The topological polar surface area (TPSA) is 50.2 Å². The fourth-order valence-electron chi connectivity index (χ4n) is 0.928. The zero-order valence-corrected chi connectivity index (χ0v) is 8.95. The summed E-state index contributed by atoms with van der Waals surface area (Å²) in [6, 6.07) is 2.22. The van der Waals surface area contributed by atoms with E-state index in [0.717, 1.165) is 19.8 Å². The highest BCUT2D eigenvalue weighted by atomic mass is 16.4. The van der Waals surface area contributed by atoms with Gasteiger partial charge in [0.05, 0.1) is 0 Å². The summed E-state index contributed by atoms with van der Waals surface area (Å²) in [5.74, 6) is -0.833. The molecule has 0 saturated carbocycles. The van der Waals surface area contributed by atoms with E-state index in [-0.39, 0.29) is 0 Å². The molecule has 1 heterocycles. The van der Waals surface area contributed by atoms with Crippen molar-refractivity contribution in [2.24, 2.45) is 0 Å². The van der Waals surface area contributed by atoms with Gasteiger partial charge in [-0.05, 0) is 24.0 Å². The first kappa shape index (κ1) is 12.6. The van der Waals surface area contributed by atoms with E-state index in [2.05, 4.69) is 24.9 Å². The zero-order valence-electron chi connectivity index (χ0n) is 8.95. The molecule has 0 aliphatic heterocycles. The fraction of sp³-hybridized carbons (Fsp3) is 0.455. The molecule has 0 radical (unpaired) electrons. The number of rotatable bonds is 2. The molecule has 0 aliphatic rings. The Hall–Kier alpha value is -1.38. The summed E-state index contributed by atoms with van der Waals surface area (Å²) in [6.07, 6.45) is 6.03. The van der Waals surface area contributed by atoms with Gasteiger partial charge in [0.2, 0.25) is 0 Å². The molecule has 14 heavy (non-hydrogen) atoms. The molecule has 0 fully saturated rings. The van der Waals surface area contributed by atoms with Crippen LogP contribution in [-0.2, 0) is 17.6 Å². The number of nitrogens with zero attached hydrogens (tertiary/aromatic N) is 1. The van der Waals surface area contributed by atoms with Gasteiger partial charge in [-0.15, -0.1) is 0 Å². The maximum atomic E-state index is 9.00. The second-order valence-corrected chi connectivity index (χ2v) is 2.93. The van der Waals surface area contributed by atoms with Gasteiger partial charge in [0.15, 0.2) is 0 Å². The Labute approximate surface area is 84.8 Å². The Kier molecular flexibility index (Phi) is 6.37. The molecule has 1 aromatic heterocycles. The third-order valence-electron chi connectivity index (χ3n) is 1.67. The van der Waals surface area contributed by atoms with Crippen molar-refractivity contribution in [3.8, 4) is 0 Å². The van der Waals surface area contributed by atoms with E-state index in [1.165, 1.54) is 11.1 Å². The minimum atomic E-state index is -0.833. The first-order valence-corrected chi connectivity index (χ1v) is 4.72. The molecule has 3 nitrogen and oxygen atoms in total. The normalized spacial score (nSPS) is 8.79. The first-order chi connectivity index (χ1) is 6.60. The van der Waals surface area contributed by atoms with E-state index in [1.807, 2.05) is 12.4 Å². The maximum absolute atomic E-state index is 9.00. The lowest BCUT2D eigenvalue weighted by atomic mass is 10.1. The third-order valence-corrected chi connectivity index (χ3v) is 1.67. The zero-order chi connectivity index (χ0) is 11.0. The number of carbonyl (C=O) groups is 1. The maximum Gasteiger partial charge on any atom is 0.300 e. The molecule has 78 valence electrons. The summed E-state index contributed by atoms with van der Waals surface area (Å²) < 4.78 is 0. The molecular formula is C11H17NO2. The highest BCUT2D eigenvalue weighted by molar-refractivity contribution is 5.62. The van der Waals surface area contributed by atoms with Crippen LogP contribution in [0.4, 0.5) is 0 Å². The molecule has 0 saturated heterocycles. The molecule has 1 aromatic rings. The van der Waals surface area contributed by atoms with Crippen molar-refractivity contribution in [3.63, 3.8) is 0 Å². The number of pyridine rings is 1. The Morgan fingerprint density at radius 3 is 1.93 bits per heavy atom. The van der Waals surface area contributed by atoms with Crippen LogP contribution in [-0.4, -0.2) is 16.1 Å². The van der Waals surface area contributed by atoms with Crippen molar-refractivity contribution in [1.29, 1.82) is 0 Å². The van der Waals surface area contributed by atoms with E-state index < -0.39 is 5.97 Å². The molecule has 3 heteroatoms. The minimum absolute atomic E-state index is 0.833. The Morgan fingerprint density at radius 1 is 1.29 bits per heavy atom. The molecule has 0 atom stereocenters. The SMILES string of the molecule is CC(=O)O.CCc1cncc(CC)c1. The van der Waals surface area contributed by atoms with Gasteiger partial charge in [-0.1, -0.05) is 19.9 Å². The Morgan fingerprint density at radius 2 is 1.64 bits per heavy atom. The summed E-state index contributed by atoms with van der Waals surface area (Å²) in [5.41, 5.74) is 2.67. The monoisotopic (exact) mass is 195 g/mol. The van der Waals surface area contributed by atoms with Crippen LogP contribution >= 0.6 is 0 Å². The van der Waals surface area contributed by atoms with Crippen molar-refractivity contribution in [2.75, 3.05) is 0 Å². The van der Waals surface area contributed by atoms with Gasteiger partial charge >= 0.3 is 0 Å². The predicted octanol–water partition coefficient (Wildman–Crippen LogP) is 2.30. The van der Waals surface area contributed by atoms with Crippen molar-refractivity contribution < 1.29 is 9.90 Å². The fourth-order valence-corrected chi connectivity index (χ4v) is 0.928. The smallest absolute Gasteiger partial charge is 0.300 e. The molecule has 0 amide bonds. The van der Waals surface area contributed by atoms with Gasteiger partial charge in [-0.3, -0.25) is 9.78 Å². The summed E-state index contributed by atoms with van der Waals surface area (Å²) in [7, 11) is 0. The highest BCUT2D eigenvalue weighted by Gasteiger charge is 1.90. The van der Waals surface area contributed by atoms with Crippen molar-refractivity contribution >= 4 is 5.97 Å². The van der Waals surface area contributed by atoms with Crippen LogP contribution in [0.5, 0.6) is 0 Å². The van der Waals surface area contributed by atoms with Gasteiger partial charge in [0, 0.05) is 19.3 Å². The van der Waals surface area contributed by atoms with Gasteiger partial charge < -0.3 is 5.11 Å². The van der Waals surface area contributed by atoms with Crippen LogP contribution in [0.1, 0.15) is 31.9 Å². The van der Waals surface area contributed by atoms with Gasteiger partial charge in [0.25, 0.3) is 5.97 Å². The summed E-state index contributed by atoms with van der Waals surface area (Å²) >= 11 is 0. The predicted molar refractivity (Wildman–Crippen MR) is 56.3 cm³/mol. The van der Waals surface area contributed by atoms with E-state index in [4.69, 9.17) is 9.90 Å². The molecule has 0 spiro atoms. The van der Waals surface area contributed by atoms with E-state index >= 15 is 0 Å². The van der Waals surface area contributed by atoms with Gasteiger partial charge in [-0.25, -0.2) is 0 Å². The first-order valence-electron chi connectivity index (χ1n) is 4.72. The number of aryl methyl sites for hydroxylation is 2. The minimum Gasteiger partial charge on any atom is -0.481 e.